The molecule has 5 heteroatoms. The summed E-state index contributed by atoms with van der Waals surface area (Å²) in [5, 5.41) is 0. The van der Waals surface area contributed by atoms with Gasteiger partial charge in [0.05, 0.1) is 12.7 Å². The Kier molecular flexibility index (Phi) is 5.07. The maximum atomic E-state index is 12.6. The fourth-order valence-electron chi connectivity index (χ4n) is 2.77. The first-order chi connectivity index (χ1) is 10.0. The number of amides is 1. The van der Waals surface area contributed by atoms with Gasteiger partial charge in [-0.1, -0.05) is 0 Å². The van der Waals surface area contributed by atoms with Crippen molar-refractivity contribution in [3.05, 3.63) is 23.8 Å². The van der Waals surface area contributed by atoms with Crippen LogP contribution in [0.4, 0.5) is 5.69 Å². The summed E-state index contributed by atoms with van der Waals surface area (Å²) in [7, 11) is 5.57. The first-order valence-corrected chi connectivity index (χ1v) is 7.38. The number of nitrogen functional groups attached to an aromatic ring is 1. The van der Waals surface area contributed by atoms with Crippen molar-refractivity contribution in [1.82, 2.24) is 9.80 Å². The quantitative estimate of drug-likeness (QED) is 0.858. The first-order valence-electron chi connectivity index (χ1n) is 7.38. The van der Waals surface area contributed by atoms with Crippen LogP contribution >= 0.6 is 0 Å². The van der Waals surface area contributed by atoms with Crippen molar-refractivity contribution in [3.8, 4) is 5.75 Å². The van der Waals surface area contributed by atoms with E-state index in [0.29, 0.717) is 22.9 Å². The lowest BCUT2D eigenvalue weighted by Crippen LogP contribution is -2.38. The van der Waals surface area contributed by atoms with Crippen molar-refractivity contribution in [2.45, 2.75) is 12.8 Å². The van der Waals surface area contributed by atoms with E-state index >= 15 is 0 Å². The van der Waals surface area contributed by atoms with Gasteiger partial charge in [0.1, 0.15) is 5.75 Å². The number of piperidine rings is 1. The van der Waals surface area contributed by atoms with Crippen LogP contribution in [0.5, 0.6) is 5.75 Å². The Hall–Kier alpha value is -1.75. The fraction of sp³-hybridized carbons (Fsp3) is 0.562. The van der Waals surface area contributed by atoms with Crippen molar-refractivity contribution in [2.75, 3.05) is 46.6 Å². The number of hydrogen-bond acceptors (Lipinski definition) is 4. The Morgan fingerprint density at radius 2 is 2.10 bits per heavy atom. The minimum atomic E-state index is -0.0367. The van der Waals surface area contributed by atoms with E-state index in [2.05, 4.69) is 11.9 Å². The van der Waals surface area contributed by atoms with Gasteiger partial charge >= 0.3 is 0 Å². The van der Waals surface area contributed by atoms with Gasteiger partial charge in [-0.3, -0.25) is 4.79 Å². The molecule has 0 aliphatic carbocycles. The zero-order valence-corrected chi connectivity index (χ0v) is 13.1. The van der Waals surface area contributed by atoms with Crippen molar-refractivity contribution in [1.29, 1.82) is 0 Å². The number of benzene rings is 1. The number of hydrogen-bond donors (Lipinski definition) is 1. The molecule has 0 aromatic heterocycles. The Morgan fingerprint density at radius 1 is 1.43 bits per heavy atom. The van der Waals surface area contributed by atoms with Crippen LogP contribution < -0.4 is 10.5 Å². The maximum Gasteiger partial charge on any atom is 0.255 e. The maximum absolute atomic E-state index is 12.6. The monoisotopic (exact) mass is 291 g/mol. The summed E-state index contributed by atoms with van der Waals surface area (Å²) >= 11 is 0. The Morgan fingerprint density at radius 3 is 2.71 bits per heavy atom. The highest BCUT2D eigenvalue weighted by molar-refractivity contribution is 5.99. The molecule has 0 saturated carbocycles. The summed E-state index contributed by atoms with van der Waals surface area (Å²) in [6.07, 6.45) is 2.28. The zero-order valence-electron chi connectivity index (χ0n) is 13.1. The van der Waals surface area contributed by atoms with Gasteiger partial charge in [-0.05, 0) is 57.1 Å². The lowest BCUT2D eigenvalue weighted by Gasteiger charge is -2.31. The molecule has 1 aliphatic rings. The average molecular weight is 291 g/mol. The lowest BCUT2D eigenvalue weighted by atomic mass is 9.96. The molecule has 5 nitrogen and oxygen atoms in total. The summed E-state index contributed by atoms with van der Waals surface area (Å²) in [6.45, 7) is 2.99. The van der Waals surface area contributed by atoms with Crippen molar-refractivity contribution in [2.24, 2.45) is 5.92 Å². The van der Waals surface area contributed by atoms with E-state index in [1.807, 2.05) is 7.05 Å². The van der Waals surface area contributed by atoms with Crippen LogP contribution in [0.3, 0.4) is 0 Å². The van der Waals surface area contributed by atoms with Crippen LogP contribution in [0.25, 0.3) is 0 Å². The van der Waals surface area contributed by atoms with Gasteiger partial charge < -0.3 is 20.3 Å². The Labute approximate surface area is 126 Å². The molecule has 2 rings (SSSR count). The summed E-state index contributed by atoms with van der Waals surface area (Å²) < 4.78 is 5.17. The van der Waals surface area contributed by atoms with Gasteiger partial charge in [0.2, 0.25) is 0 Å². The SMILES string of the molecule is COc1ccc(N)c(C(=O)N(C)CC2CCN(C)CC2)c1. The molecule has 21 heavy (non-hydrogen) atoms. The largest absolute Gasteiger partial charge is 0.497 e. The number of nitrogens with two attached hydrogens (primary N) is 1. The predicted molar refractivity (Wildman–Crippen MR) is 84.6 cm³/mol. The van der Waals surface area contributed by atoms with E-state index in [-0.39, 0.29) is 5.91 Å². The van der Waals surface area contributed by atoms with E-state index in [1.165, 1.54) is 0 Å². The molecule has 1 heterocycles. The molecule has 0 bridgehead atoms. The summed E-state index contributed by atoms with van der Waals surface area (Å²) in [5.74, 6) is 1.19. The molecule has 2 N–H and O–H groups in total. The van der Waals surface area contributed by atoms with Crippen LogP contribution in [0.1, 0.15) is 23.2 Å². The summed E-state index contributed by atoms with van der Waals surface area (Å²) in [4.78, 5) is 16.7. The van der Waals surface area contributed by atoms with Crippen LogP contribution in [0, 0.1) is 5.92 Å². The van der Waals surface area contributed by atoms with Crippen LogP contribution in [-0.2, 0) is 0 Å². The Bertz CT molecular complexity index is 496. The minimum absolute atomic E-state index is 0.0367. The van der Waals surface area contributed by atoms with Gasteiger partial charge in [-0.15, -0.1) is 0 Å². The zero-order chi connectivity index (χ0) is 15.4. The molecule has 1 amide bonds. The van der Waals surface area contributed by atoms with Gasteiger partial charge in [-0.2, -0.15) is 0 Å². The minimum Gasteiger partial charge on any atom is -0.497 e. The van der Waals surface area contributed by atoms with E-state index in [4.69, 9.17) is 10.5 Å². The summed E-state index contributed by atoms with van der Waals surface area (Å²) in [6, 6.07) is 5.20. The number of carbonyl (C=O) groups excluding carboxylic acids is 1. The van der Waals surface area contributed by atoms with Crippen molar-refractivity contribution in [3.63, 3.8) is 0 Å². The summed E-state index contributed by atoms with van der Waals surface area (Å²) in [5.41, 5.74) is 6.94. The van der Waals surface area contributed by atoms with Gasteiger partial charge in [0, 0.05) is 19.3 Å². The normalized spacial score (nSPS) is 16.7. The third-order valence-electron chi connectivity index (χ3n) is 4.21. The average Bonchev–Trinajstić information content (AvgIpc) is 2.49. The third-order valence-corrected chi connectivity index (χ3v) is 4.21. The molecule has 1 aliphatic heterocycles. The number of nitrogens with zero attached hydrogens (tertiary/aromatic N) is 2. The molecule has 1 saturated heterocycles. The van der Waals surface area contributed by atoms with Crippen molar-refractivity contribution >= 4 is 11.6 Å². The van der Waals surface area contributed by atoms with Crippen molar-refractivity contribution < 1.29 is 9.53 Å². The van der Waals surface area contributed by atoms with Gasteiger partial charge in [0.25, 0.3) is 5.91 Å². The second-order valence-electron chi connectivity index (χ2n) is 5.89. The van der Waals surface area contributed by atoms with Crippen LogP contribution in [0.2, 0.25) is 0 Å². The topological polar surface area (TPSA) is 58.8 Å². The smallest absolute Gasteiger partial charge is 0.255 e. The molecule has 116 valence electrons. The highest BCUT2D eigenvalue weighted by Gasteiger charge is 2.22. The van der Waals surface area contributed by atoms with Crippen LogP contribution in [0.15, 0.2) is 18.2 Å². The number of carbonyl (C=O) groups is 1. The molecule has 0 unspecified atom stereocenters. The fourth-order valence-corrected chi connectivity index (χ4v) is 2.77. The molecule has 1 aromatic carbocycles. The third kappa shape index (κ3) is 3.88. The molecule has 1 fully saturated rings. The highest BCUT2D eigenvalue weighted by Crippen LogP contribution is 2.22. The molecule has 0 atom stereocenters. The van der Waals surface area contributed by atoms with E-state index in [0.717, 1.165) is 32.5 Å². The lowest BCUT2D eigenvalue weighted by molar-refractivity contribution is 0.0748. The number of anilines is 1. The molecule has 0 radical (unpaired) electrons. The molecule has 1 aromatic rings. The molecular weight excluding hydrogens is 266 g/mol. The number of ether oxygens (including phenoxy) is 1. The Balaban J connectivity index is 2.02. The number of methoxy groups -OCH3 is 1. The van der Waals surface area contributed by atoms with E-state index in [1.54, 1.807) is 30.2 Å². The van der Waals surface area contributed by atoms with Gasteiger partial charge in [-0.25, -0.2) is 0 Å². The number of rotatable bonds is 4. The predicted octanol–water partition coefficient (Wildman–Crippen LogP) is 1.69. The second-order valence-corrected chi connectivity index (χ2v) is 5.89. The molecule has 0 spiro atoms. The second kappa shape index (κ2) is 6.80. The van der Waals surface area contributed by atoms with E-state index < -0.39 is 0 Å². The van der Waals surface area contributed by atoms with Gasteiger partial charge in [0.15, 0.2) is 0 Å². The highest BCUT2D eigenvalue weighted by atomic mass is 16.5. The molecular formula is C16H25N3O2. The first kappa shape index (κ1) is 15.6. The van der Waals surface area contributed by atoms with Crippen LogP contribution in [-0.4, -0.2) is 56.5 Å². The van der Waals surface area contributed by atoms with E-state index in [9.17, 15) is 4.79 Å². The standard InChI is InChI=1S/C16H25N3O2/c1-18-8-6-12(7-9-18)11-19(2)16(20)14-10-13(21-3)4-5-15(14)17/h4-5,10,12H,6-9,11,17H2,1-3H3. The number of likely N-dealkylation sites (tertiary alicyclic amines) is 1.